The number of aromatic hydroxyl groups is 1. The van der Waals surface area contributed by atoms with Crippen molar-refractivity contribution in [2.75, 3.05) is 6.61 Å². The third kappa shape index (κ3) is 3.74. The van der Waals surface area contributed by atoms with E-state index < -0.39 is 24.0 Å². The number of nitrogens with zero attached hydrogens (tertiary/aromatic N) is 1. The van der Waals surface area contributed by atoms with Gasteiger partial charge in [0.15, 0.2) is 6.61 Å². The first-order chi connectivity index (χ1) is 12.0. The minimum Gasteiger partial charge on any atom is -0.508 e. The highest BCUT2D eigenvalue weighted by Crippen LogP contribution is 2.29. The van der Waals surface area contributed by atoms with Gasteiger partial charge in [0.25, 0.3) is 5.91 Å². The molecule has 0 aliphatic heterocycles. The summed E-state index contributed by atoms with van der Waals surface area (Å²) in [7, 11) is 0. The number of fused-ring (bicyclic) bond motifs is 1. The van der Waals surface area contributed by atoms with Crippen LogP contribution in [0.3, 0.4) is 0 Å². The lowest BCUT2D eigenvalue weighted by Crippen LogP contribution is -2.46. The fraction of sp³-hybridized carbons (Fsp3) is 0.389. The van der Waals surface area contributed by atoms with Crippen LogP contribution in [0.2, 0.25) is 0 Å². The Balaban J connectivity index is 1.54. The lowest BCUT2D eigenvalue weighted by atomic mass is 10.00. The number of nitrogens with one attached hydrogen (secondary N) is 1. The van der Waals surface area contributed by atoms with Crippen LogP contribution in [0, 0.1) is 11.3 Å². The topological polar surface area (TPSA) is 113 Å². The van der Waals surface area contributed by atoms with Crippen molar-refractivity contribution in [3.05, 3.63) is 30.0 Å². The number of hydrogen-bond donors (Lipinski definition) is 2. The van der Waals surface area contributed by atoms with E-state index in [9.17, 15) is 20.0 Å². The molecule has 1 aromatic carbocycles. The average molecular weight is 342 g/mol. The molecule has 1 aliphatic carbocycles. The first kappa shape index (κ1) is 16.8. The number of benzene rings is 1. The van der Waals surface area contributed by atoms with Crippen LogP contribution < -0.4 is 5.32 Å². The van der Waals surface area contributed by atoms with Crippen molar-refractivity contribution in [3.8, 4) is 11.8 Å². The number of rotatable bonds is 5. The molecule has 0 bridgehead atoms. The van der Waals surface area contributed by atoms with Crippen molar-refractivity contribution >= 4 is 22.8 Å². The number of nitriles is 1. The smallest absolute Gasteiger partial charge is 0.310 e. The molecule has 1 saturated carbocycles. The molecule has 1 heterocycles. The Bertz CT molecular complexity index is 843. The van der Waals surface area contributed by atoms with Crippen LogP contribution >= 0.6 is 0 Å². The first-order valence-corrected chi connectivity index (χ1v) is 8.08. The molecule has 130 valence electrons. The maximum absolute atomic E-state index is 12.0. The first-order valence-electron chi connectivity index (χ1n) is 8.08. The molecular formula is C18H18N2O5. The molecule has 1 aliphatic rings. The summed E-state index contributed by atoms with van der Waals surface area (Å²) >= 11 is 0. The zero-order chi connectivity index (χ0) is 17.9. The highest BCUT2D eigenvalue weighted by atomic mass is 16.5. The van der Waals surface area contributed by atoms with Gasteiger partial charge in [-0.05, 0) is 37.8 Å². The van der Waals surface area contributed by atoms with Gasteiger partial charge in [-0.15, -0.1) is 0 Å². The van der Waals surface area contributed by atoms with Crippen molar-refractivity contribution in [2.45, 2.75) is 37.6 Å². The van der Waals surface area contributed by atoms with Crippen LogP contribution in [0.15, 0.2) is 28.9 Å². The van der Waals surface area contributed by atoms with Crippen molar-refractivity contribution in [1.82, 2.24) is 5.32 Å². The lowest BCUT2D eigenvalue weighted by molar-refractivity contribution is -0.148. The van der Waals surface area contributed by atoms with Gasteiger partial charge in [-0.1, -0.05) is 0 Å². The normalized spacial score (nSPS) is 15.6. The third-order valence-corrected chi connectivity index (χ3v) is 4.39. The third-order valence-electron chi connectivity index (χ3n) is 4.39. The van der Waals surface area contributed by atoms with Gasteiger partial charge in [0, 0.05) is 17.0 Å². The highest BCUT2D eigenvalue weighted by Gasteiger charge is 2.35. The molecule has 25 heavy (non-hydrogen) atoms. The number of carbonyl (C=O) groups excluding carboxylic acids is 2. The van der Waals surface area contributed by atoms with Crippen molar-refractivity contribution in [2.24, 2.45) is 0 Å². The summed E-state index contributed by atoms with van der Waals surface area (Å²) < 4.78 is 10.3. The molecule has 7 nitrogen and oxygen atoms in total. The second-order valence-corrected chi connectivity index (χ2v) is 6.23. The number of phenols is 1. The van der Waals surface area contributed by atoms with Crippen molar-refractivity contribution < 1.29 is 23.8 Å². The number of furan rings is 1. The fourth-order valence-electron chi connectivity index (χ4n) is 3.11. The van der Waals surface area contributed by atoms with E-state index in [1.807, 2.05) is 0 Å². The van der Waals surface area contributed by atoms with Gasteiger partial charge in [-0.2, -0.15) is 5.26 Å². The Morgan fingerprint density at radius 1 is 1.36 bits per heavy atom. The Morgan fingerprint density at radius 3 is 2.84 bits per heavy atom. The molecule has 1 fully saturated rings. The van der Waals surface area contributed by atoms with E-state index in [0.717, 1.165) is 12.8 Å². The lowest BCUT2D eigenvalue weighted by Gasteiger charge is -2.21. The standard InChI is InChI=1S/C18H18N2O5/c19-11-18(5-1-2-6-18)20-16(22)10-25-17(23)7-12-9-24-15-8-13(21)3-4-14(12)15/h3-4,8-9,21H,1-2,5-7,10H2,(H,20,22). The summed E-state index contributed by atoms with van der Waals surface area (Å²) in [5.41, 5.74) is 0.258. The summed E-state index contributed by atoms with van der Waals surface area (Å²) in [5.74, 6) is -0.965. The molecule has 3 rings (SSSR count). The van der Waals surface area contributed by atoms with E-state index in [4.69, 9.17) is 9.15 Å². The number of phenolic OH excluding ortho intramolecular Hbond substituents is 1. The predicted molar refractivity (Wildman–Crippen MR) is 87.5 cm³/mol. The molecule has 7 heteroatoms. The van der Waals surface area contributed by atoms with Crippen LogP contribution in [0.4, 0.5) is 0 Å². The molecule has 1 amide bonds. The highest BCUT2D eigenvalue weighted by molar-refractivity contribution is 5.87. The van der Waals surface area contributed by atoms with E-state index >= 15 is 0 Å². The van der Waals surface area contributed by atoms with E-state index in [0.29, 0.717) is 29.4 Å². The van der Waals surface area contributed by atoms with Gasteiger partial charge in [-0.25, -0.2) is 0 Å². The zero-order valence-electron chi connectivity index (χ0n) is 13.6. The Hall–Kier alpha value is -3.01. The molecule has 0 radical (unpaired) electrons. The zero-order valence-corrected chi connectivity index (χ0v) is 13.6. The van der Waals surface area contributed by atoms with Gasteiger partial charge in [-0.3, -0.25) is 9.59 Å². The second-order valence-electron chi connectivity index (χ2n) is 6.23. The monoisotopic (exact) mass is 342 g/mol. The molecule has 0 spiro atoms. The number of carbonyl (C=O) groups is 2. The van der Waals surface area contributed by atoms with E-state index in [1.165, 1.54) is 18.4 Å². The van der Waals surface area contributed by atoms with Crippen LogP contribution in [0.25, 0.3) is 11.0 Å². The predicted octanol–water partition coefficient (Wildman–Crippen LogP) is 2.18. The van der Waals surface area contributed by atoms with E-state index in [-0.39, 0.29) is 12.2 Å². The van der Waals surface area contributed by atoms with Gasteiger partial charge in [0.05, 0.1) is 18.8 Å². The Morgan fingerprint density at radius 2 is 2.12 bits per heavy atom. The quantitative estimate of drug-likeness (QED) is 0.805. The summed E-state index contributed by atoms with van der Waals surface area (Å²) in [6, 6.07) is 6.77. The number of amides is 1. The van der Waals surface area contributed by atoms with Crippen LogP contribution in [-0.2, 0) is 20.7 Å². The van der Waals surface area contributed by atoms with Gasteiger partial charge in [0.1, 0.15) is 16.9 Å². The number of ether oxygens (including phenoxy) is 1. The second kappa shape index (κ2) is 6.85. The number of esters is 1. The summed E-state index contributed by atoms with van der Waals surface area (Å²) in [4.78, 5) is 23.9. The van der Waals surface area contributed by atoms with Gasteiger partial charge in [0.2, 0.25) is 0 Å². The maximum atomic E-state index is 12.0. The summed E-state index contributed by atoms with van der Waals surface area (Å²) in [5, 5.41) is 22.0. The van der Waals surface area contributed by atoms with Gasteiger partial charge >= 0.3 is 5.97 Å². The van der Waals surface area contributed by atoms with Crippen LogP contribution in [0.1, 0.15) is 31.2 Å². The molecule has 1 aromatic heterocycles. The van der Waals surface area contributed by atoms with Crippen molar-refractivity contribution in [1.29, 1.82) is 5.26 Å². The van der Waals surface area contributed by atoms with Crippen LogP contribution in [-0.4, -0.2) is 29.1 Å². The molecule has 0 unspecified atom stereocenters. The maximum Gasteiger partial charge on any atom is 0.310 e. The molecule has 0 saturated heterocycles. The largest absolute Gasteiger partial charge is 0.508 e. The molecule has 2 N–H and O–H groups in total. The minimum absolute atomic E-state index is 0.0472. The van der Waals surface area contributed by atoms with E-state index in [2.05, 4.69) is 11.4 Å². The number of hydrogen-bond acceptors (Lipinski definition) is 6. The van der Waals surface area contributed by atoms with Gasteiger partial charge < -0.3 is 19.6 Å². The Labute approximate surface area is 144 Å². The average Bonchev–Trinajstić information content (AvgIpc) is 3.21. The van der Waals surface area contributed by atoms with Crippen LogP contribution in [0.5, 0.6) is 5.75 Å². The molecule has 0 atom stereocenters. The van der Waals surface area contributed by atoms with Crippen molar-refractivity contribution in [3.63, 3.8) is 0 Å². The molecule has 2 aromatic rings. The Kier molecular flexibility index (Phi) is 4.61. The summed E-state index contributed by atoms with van der Waals surface area (Å²) in [6.07, 6.45) is 4.42. The SMILES string of the molecule is N#CC1(NC(=O)COC(=O)Cc2coc3cc(O)ccc23)CCCC1. The van der Waals surface area contributed by atoms with E-state index in [1.54, 1.807) is 6.07 Å². The minimum atomic E-state index is -0.827. The molecular weight excluding hydrogens is 324 g/mol. The fourth-order valence-corrected chi connectivity index (χ4v) is 3.11. The summed E-state index contributed by atoms with van der Waals surface area (Å²) in [6.45, 7) is -0.418.